The summed E-state index contributed by atoms with van der Waals surface area (Å²) >= 11 is 0. The average molecular weight is 334 g/mol. The topological polar surface area (TPSA) is 48.1 Å². The quantitative estimate of drug-likeness (QED) is 0.564. The molecular formula is C22H26N2O. The Morgan fingerprint density at radius 2 is 1.76 bits per heavy atom. The molecule has 3 rings (SSSR count). The molecule has 0 aliphatic carbocycles. The van der Waals surface area contributed by atoms with Crippen LogP contribution in [0.15, 0.2) is 54.6 Å². The van der Waals surface area contributed by atoms with Gasteiger partial charge in [0.1, 0.15) is 5.75 Å². The molecule has 0 amide bonds. The van der Waals surface area contributed by atoms with Crippen molar-refractivity contribution in [2.24, 2.45) is 0 Å². The summed E-state index contributed by atoms with van der Waals surface area (Å²) in [5.41, 5.74) is 10.0. The van der Waals surface area contributed by atoms with Gasteiger partial charge in [0.2, 0.25) is 0 Å². The lowest BCUT2D eigenvalue weighted by Crippen LogP contribution is -2.02. The summed E-state index contributed by atoms with van der Waals surface area (Å²) in [7, 11) is 0. The number of hydrogen-bond donors (Lipinski definition) is 1. The van der Waals surface area contributed by atoms with Crippen LogP contribution in [0.25, 0.3) is 10.9 Å². The molecule has 1 aromatic heterocycles. The fraction of sp³-hybridized carbons (Fsp3) is 0.318. The Hall–Kier alpha value is -2.55. The SMILES string of the molecule is CCCCCCOc1ccccc1Cc1cc(N)c2ccccc2n1. The number of ether oxygens (including phenoxy) is 1. The van der Waals surface area contributed by atoms with Gasteiger partial charge >= 0.3 is 0 Å². The Morgan fingerprint density at radius 3 is 2.64 bits per heavy atom. The summed E-state index contributed by atoms with van der Waals surface area (Å²) in [6.07, 6.45) is 5.56. The molecule has 2 aromatic carbocycles. The fourth-order valence-electron chi connectivity index (χ4n) is 3.05. The fourth-order valence-corrected chi connectivity index (χ4v) is 3.05. The van der Waals surface area contributed by atoms with Crippen LogP contribution >= 0.6 is 0 Å². The first-order chi connectivity index (χ1) is 12.3. The van der Waals surface area contributed by atoms with Crippen molar-refractivity contribution >= 4 is 16.6 Å². The van der Waals surface area contributed by atoms with Gasteiger partial charge in [-0.25, -0.2) is 0 Å². The van der Waals surface area contributed by atoms with E-state index in [-0.39, 0.29) is 0 Å². The highest BCUT2D eigenvalue weighted by atomic mass is 16.5. The monoisotopic (exact) mass is 334 g/mol. The third-order valence-electron chi connectivity index (χ3n) is 4.40. The van der Waals surface area contributed by atoms with Crippen molar-refractivity contribution in [1.82, 2.24) is 4.98 Å². The Morgan fingerprint density at radius 1 is 0.960 bits per heavy atom. The average Bonchev–Trinajstić information content (AvgIpc) is 2.63. The minimum atomic E-state index is 0.722. The predicted molar refractivity (Wildman–Crippen MR) is 105 cm³/mol. The molecule has 0 fully saturated rings. The Labute approximate surface area is 149 Å². The van der Waals surface area contributed by atoms with Crippen molar-refractivity contribution in [1.29, 1.82) is 0 Å². The largest absolute Gasteiger partial charge is 0.493 e. The van der Waals surface area contributed by atoms with E-state index in [1.807, 2.05) is 48.5 Å². The first-order valence-electron chi connectivity index (χ1n) is 9.12. The van der Waals surface area contributed by atoms with Crippen LogP contribution in [0.4, 0.5) is 5.69 Å². The highest BCUT2D eigenvalue weighted by molar-refractivity contribution is 5.90. The summed E-state index contributed by atoms with van der Waals surface area (Å²) < 4.78 is 6.01. The number of hydrogen-bond acceptors (Lipinski definition) is 3. The number of nitrogens with zero attached hydrogens (tertiary/aromatic N) is 1. The molecule has 3 heteroatoms. The van der Waals surface area contributed by atoms with Crippen molar-refractivity contribution in [2.45, 2.75) is 39.0 Å². The van der Waals surface area contributed by atoms with Crippen LogP contribution in [0.3, 0.4) is 0 Å². The van der Waals surface area contributed by atoms with Crippen molar-refractivity contribution < 1.29 is 4.74 Å². The molecule has 0 radical (unpaired) electrons. The van der Waals surface area contributed by atoms with Gasteiger partial charge in [-0.2, -0.15) is 0 Å². The Kier molecular flexibility index (Phi) is 5.89. The smallest absolute Gasteiger partial charge is 0.122 e. The van der Waals surface area contributed by atoms with Gasteiger partial charge in [-0.05, 0) is 24.6 Å². The number of aromatic nitrogens is 1. The van der Waals surface area contributed by atoms with E-state index < -0.39 is 0 Å². The second kappa shape index (κ2) is 8.52. The van der Waals surface area contributed by atoms with E-state index in [0.29, 0.717) is 0 Å². The number of pyridine rings is 1. The van der Waals surface area contributed by atoms with Crippen molar-refractivity contribution in [2.75, 3.05) is 12.3 Å². The molecule has 0 bridgehead atoms. The second-order valence-corrected chi connectivity index (χ2v) is 6.41. The van der Waals surface area contributed by atoms with Crippen LogP contribution in [0.2, 0.25) is 0 Å². The highest BCUT2D eigenvalue weighted by Crippen LogP contribution is 2.25. The number of anilines is 1. The van der Waals surface area contributed by atoms with Gasteiger partial charge in [0.25, 0.3) is 0 Å². The van der Waals surface area contributed by atoms with Gasteiger partial charge < -0.3 is 10.5 Å². The maximum absolute atomic E-state index is 6.20. The molecule has 2 N–H and O–H groups in total. The number of unbranched alkanes of at least 4 members (excludes halogenated alkanes) is 3. The maximum atomic E-state index is 6.20. The maximum Gasteiger partial charge on any atom is 0.122 e. The number of para-hydroxylation sites is 2. The lowest BCUT2D eigenvalue weighted by atomic mass is 10.1. The number of fused-ring (bicyclic) bond motifs is 1. The standard InChI is InChI=1S/C22H26N2O/c1-2-3-4-9-14-25-22-13-8-5-10-17(22)15-18-16-20(23)19-11-6-7-12-21(19)24-18/h5-8,10-13,16H,2-4,9,14-15H2,1H3,(H2,23,24). The van der Waals surface area contributed by atoms with Crippen LogP contribution in [-0.4, -0.2) is 11.6 Å². The van der Waals surface area contributed by atoms with Crippen molar-refractivity contribution in [3.63, 3.8) is 0 Å². The summed E-state index contributed by atoms with van der Waals surface area (Å²) in [6, 6.07) is 18.2. The van der Waals surface area contributed by atoms with Crippen LogP contribution < -0.4 is 10.5 Å². The minimum absolute atomic E-state index is 0.722. The van der Waals surface area contributed by atoms with Gasteiger partial charge in [0.15, 0.2) is 0 Å². The third kappa shape index (κ3) is 4.50. The molecule has 0 aliphatic heterocycles. The Bertz CT molecular complexity index is 829. The van der Waals surface area contributed by atoms with E-state index in [4.69, 9.17) is 15.5 Å². The molecule has 0 aliphatic rings. The molecule has 3 aromatic rings. The molecule has 0 unspecified atom stereocenters. The van der Waals surface area contributed by atoms with Crippen LogP contribution in [0.5, 0.6) is 5.75 Å². The van der Waals surface area contributed by atoms with Gasteiger partial charge in [-0.3, -0.25) is 4.98 Å². The predicted octanol–water partition coefficient (Wildman–Crippen LogP) is 5.37. The zero-order chi connectivity index (χ0) is 17.5. The number of benzene rings is 2. The molecule has 1 heterocycles. The third-order valence-corrected chi connectivity index (χ3v) is 4.40. The molecule has 0 spiro atoms. The summed E-state index contributed by atoms with van der Waals surface area (Å²) in [6.45, 7) is 2.99. The van der Waals surface area contributed by atoms with E-state index >= 15 is 0 Å². The van der Waals surface area contributed by atoms with E-state index in [1.54, 1.807) is 0 Å². The first kappa shape index (κ1) is 17.3. The first-order valence-corrected chi connectivity index (χ1v) is 9.12. The molecule has 3 nitrogen and oxygen atoms in total. The van der Waals surface area contributed by atoms with Crippen LogP contribution in [0.1, 0.15) is 43.9 Å². The lowest BCUT2D eigenvalue weighted by Gasteiger charge is -2.12. The van der Waals surface area contributed by atoms with Crippen molar-refractivity contribution in [3.05, 3.63) is 65.9 Å². The van der Waals surface area contributed by atoms with Crippen LogP contribution in [-0.2, 0) is 6.42 Å². The molecule has 0 atom stereocenters. The highest BCUT2D eigenvalue weighted by Gasteiger charge is 2.08. The van der Waals surface area contributed by atoms with Gasteiger partial charge in [0.05, 0.1) is 12.1 Å². The van der Waals surface area contributed by atoms with E-state index in [9.17, 15) is 0 Å². The summed E-state index contributed by atoms with van der Waals surface area (Å²) in [5, 5.41) is 1.01. The number of rotatable bonds is 8. The normalized spacial score (nSPS) is 10.9. The van der Waals surface area contributed by atoms with E-state index in [1.165, 1.54) is 19.3 Å². The van der Waals surface area contributed by atoms with E-state index in [2.05, 4.69) is 13.0 Å². The molecular weight excluding hydrogens is 308 g/mol. The summed E-state index contributed by atoms with van der Waals surface area (Å²) in [4.78, 5) is 4.76. The number of nitrogen functional groups attached to an aromatic ring is 1. The molecule has 0 saturated heterocycles. The minimum Gasteiger partial charge on any atom is -0.493 e. The van der Waals surface area contributed by atoms with Gasteiger partial charge in [0, 0.05) is 28.8 Å². The molecule has 25 heavy (non-hydrogen) atoms. The molecule has 0 saturated carbocycles. The zero-order valence-corrected chi connectivity index (χ0v) is 14.9. The van der Waals surface area contributed by atoms with E-state index in [0.717, 1.165) is 53.0 Å². The summed E-state index contributed by atoms with van der Waals surface area (Å²) in [5.74, 6) is 0.951. The second-order valence-electron chi connectivity index (χ2n) is 6.41. The van der Waals surface area contributed by atoms with Crippen molar-refractivity contribution in [3.8, 4) is 5.75 Å². The lowest BCUT2D eigenvalue weighted by molar-refractivity contribution is 0.302. The zero-order valence-electron chi connectivity index (χ0n) is 14.9. The van der Waals surface area contributed by atoms with Gasteiger partial charge in [-0.1, -0.05) is 62.6 Å². The number of nitrogens with two attached hydrogens (primary N) is 1. The van der Waals surface area contributed by atoms with Crippen LogP contribution in [0, 0.1) is 0 Å². The Balaban J connectivity index is 1.74. The molecule has 130 valence electrons. The van der Waals surface area contributed by atoms with Gasteiger partial charge in [-0.15, -0.1) is 0 Å².